The van der Waals surface area contributed by atoms with Gasteiger partial charge in [-0.15, -0.1) is 0 Å². The van der Waals surface area contributed by atoms with Crippen LogP contribution in [0.25, 0.3) is 0 Å². The van der Waals surface area contributed by atoms with Gasteiger partial charge in [-0.2, -0.15) is 0 Å². The normalized spacial score (nSPS) is 26.0. The summed E-state index contributed by atoms with van der Waals surface area (Å²) >= 11 is 0. The summed E-state index contributed by atoms with van der Waals surface area (Å²) in [5.41, 5.74) is 4.71. The predicted molar refractivity (Wildman–Crippen MR) is 74.5 cm³/mol. The molecule has 0 spiro atoms. The zero-order chi connectivity index (χ0) is 12.7. The minimum Gasteiger partial charge on any atom is -0.496 e. The third kappa shape index (κ3) is 1.74. The van der Waals surface area contributed by atoms with Crippen molar-refractivity contribution in [3.8, 4) is 5.75 Å². The molecule has 98 valence electrons. The van der Waals surface area contributed by atoms with Crippen molar-refractivity contribution >= 4 is 0 Å². The number of ether oxygens (including phenoxy) is 1. The van der Waals surface area contributed by atoms with Crippen LogP contribution in [0.2, 0.25) is 0 Å². The van der Waals surface area contributed by atoms with Gasteiger partial charge in [0.25, 0.3) is 0 Å². The van der Waals surface area contributed by atoms with E-state index in [-0.39, 0.29) is 0 Å². The van der Waals surface area contributed by atoms with Crippen molar-refractivity contribution in [3.63, 3.8) is 0 Å². The molecule has 0 saturated heterocycles. The molecule has 0 N–H and O–H groups in total. The molecule has 0 amide bonds. The molecule has 2 aliphatic carbocycles. The Hall–Kier alpha value is -1.02. The Morgan fingerprint density at radius 2 is 2.00 bits per heavy atom. The Bertz CT molecular complexity index is 453. The summed E-state index contributed by atoms with van der Waals surface area (Å²) in [6.45, 7) is 0. The quantitative estimate of drug-likeness (QED) is 0.794. The van der Waals surface area contributed by atoms with Crippen LogP contribution in [0.4, 0.5) is 0 Å². The third-order valence-electron chi connectivity index (χ3n) is 4.77. The van der Waals surface area contributed by atoms with E-state index in [0.29, 0.717) is 6.04 Å². The van der Waals surface area contributed by atoms with Gasteiger partial charge in [-0.25, -0.2) is 0 Å². The average Bonchev–Trinajstić information content (AvgIpc) is 2.39. The molecular formula is C16H23NO. The topological polar surface area (TPSA) is 12.5 Å². The van der Waals surface area contributed by atoms with Crippen molar-refractivity contribution in [3.05, 3.63) is 28.8 Å². The summed E-state index contributed by atoms with van der Waals surface area (Å²) in [5.74, 6) is 1.83. The van der Waals surface area contributed by atoms with E-state index in [1.807, 2.05) is 0 Å². The summed E-state index contributed by atoms with van der Waals surface area (Å²) in [6.07, 6.45) is 6.38. The number of rotatable bonds is 2. The van der Waals surface area contributed by atoms with E-state index in [1.165, 1.54) is 37.7 Å². The van der Waals surface area contributed by atoms with Crippen molar-refractivity contribution in [1.82, 2.24) is 4.90 Å². The third-order valence-corrected chi connectivity index (χ3v) is 4.77. The Morgan fingerprint density at radius 3 is 2.72 bits per heavy atom. The first kappa shape index (κ1) is 12.0. The second kappa shape index (κ2) is 4.58. The van der Waals surface area contributed by atoms with Crippen LogP contribution in [0.1, 0.15) is 41.9 Å². The van der Waals surface area contributed by atoms with E-state index >= 15 is 0 Å². The number of hydrogen-bond donors (Lipinski definition) is 0. The number of likely N-dealkylation sites (N-methyl/N-ethyl adjacent to an activating group) is 1. The molecule has 0 aromatic heterocycles. The minimum atomic E-state index is 0.712. The van der Waals surface area contributed by atoms with Crippen LogP contribution in [-0.4, -0.2) is 32.1 Å². The molecule has 0 heterocycles. The second-order valence-corrected chi connectivity index (χ2v) is 5.89. The molecule has 2 heteroatoms. The lowest BCUT2D eigenvalue weighted by Gasteiger charge is -2.41. The van der Waals surface area contributed by atoms with Gasteiger partial charge in [0.2, 0.25) is 0 Å². The molecule has 0 bridgehead atoms. The van der Waals surface area contributed by atoms with E-state index < -0.39 is 0 Å². The average molecular weight is 245 g/mol. The molecular weight excluding hydrogens is 222 g/mol. The lowest BCUT2D eigenvalue weighted by Crippen LogP contribution is -2.39. The fraction of sp³-hybridized carbons (Fsp3) is 0.625. The zero-order valence-electron chi connectivity index (χ0n) is 11.7. The Kier molecular flexibility index (Phi) is 3.06. The number of hydrogen-bond acceptors (Lipinski definition) is 2. The number of nitrogens with zero attached hydrogens (tertiary/aromatic N) is 1. The largest absolute Gasteiger partial charge is 0.496 e. The maximum absolute atomic E-state index is 5.57. The lowest BCUT2D eigenvalue weighted by molar-refractivity contribution is 0.213. The van der Waals surface area contributed by atoms with Gasteiger partial charge in [0.15, 0.2) is 0 Å². The van der Waals surface area contributed by atoms with Gasteiger partial charge in [0.05, 0.1) is 7.11 Å². The fourth-order valence-electron chi connectivity index (χ4n) is 3.97. The summed E-state index contributed by atoms with van der Waals surface area (Å²) in [4.78, 5) is 2.42. The summed E-state index contributed by atoms with van der Waals surface area (Å²) in [6, 6.07) is 5.18. The van der Waals surface area contributed by atoms with Gasteiger partial charge in [-0.1, -0.05) is 6.07 Å². The SMILES string of the molecule is COc1ccc2c3c1CCCC3C(N(C)C)CC2. The standard InChI is InChI=1S/C16H23NO/c1-17(2)14-9-7-11-8-10-15(18-3)13-6-4-5-12(14)16(11)13/h8,10,12,14H,4-7,9H2,1-3H3. The molecule has 2 nitrogen and oxygen atoms in total. The van der Waals surface area contributed by atoms with Gasteiger partial charge in [0.1, 0.15) is 5.75 Å². The van der Waals surface area contributed by atoms with E-state index in [0.717, 1.165) is 11.7 Å². The van der Waals surface area contributed by atoms with Crippen molar-refractivity contribution in [1.29, 1.82) is 0 Å². The van der Waals surface area contributed by atoms with Crippen molar-refractivity contribution in [2.45, 2.75) is 44.1 Å². The van der Waals surface area contributed by atoms with E-state index in [4.69, 9.17) is 4.74 Å². The number of aryl methyl sites for hydroxylation is 1. The molecule has 2 atom stereocenters. The van der Waals surface area contributed by atoms with Crippen molar-refractivity contribution in [2.75, 3.05) is 21.2 Å². The van der Waals surface area contributed by atoms with Crippen LogP contribution < -0.4 is 4.74 Å². The van der Waals surface area contributed by atoms with Crippen LogP contribution in [0.3, 0.4) is 0 Å². The highest BCUT2D eigenvalue weighted by molar-refractivity contribution is 5.50. The van der Waals surface area contributed by atoms with Crippen molar-refractivity contribution < 1.29 is 4.74 Å². The van der Waals surface area contributed by atoms with Gasteiger partial charge >= 0.3 is 0 Å². The van der Waals surface area contributed by atoms with Crippen LogP contribution in [-0.2, 0) is 12.8 Å². The van der Waals surface area contributed by atoms with Crippen molar-refractivity contribution in [2.24, 2.45) is 0 Å². The van der Waals surface area contributed by atoms with Gasteiger partial charge in [-0.3, -0.25) is 0 Å². The predicted octanol–water partition coefficient (Wildman–Crippen LogP) is 2.99. The number of methoxy groups -OCH3 is 1. The molecule has 0 radical (unpaired) electrons. The van der Waals surface area contributed by atoms with E-state index in [9.17, 15) is 0 Å². The fourth-order valence-corrected chi connectivity index (χ4v) is 3.97. The monoisotopic (exact) mass is 245 g/mol. The zero-order valence-corrected chi connectivity index (χ0v) is 11.7. The molecule has 0 fully saturated rings. The minimum absolute atomic E-state index is 0.712. The molecule has 3 rings (SSSR count). The highest BCUT2D eigenvalue weighted by Gasteiger charge is 2.35. The molecule has 1 aromatic carbocycles. The molecule has 2 unspecified atom stereocenters. The van der Waals surface area contributed by atoms with E-state index in [1.54, 1.807) is 18.2 Å². The summed E-state index contributed by atoms with van der Waals surface area (Å²) < 4.78 is 5.57. The molecule has 0 aliphatic heterocycles. The van der Waals surface area contributed by atoms with Crippen LogP contribution >= 0.6 is 0 Å². The highest BCUT2D eigenvalue weighted by atomic mass is 16.5. The maximum Gasteiger partial charge on any atom is 0.122 e. The van der Waals surface area contributed by atoms with Crippen LogP contribution in [0.15, 0.2) is 12.1 Å². The van der Waals surface area contributed by atoms with E-state index in [2.05, 4.69) is 31.1 Å². The maximum atomic E-state index is 5.57. The highest BCUT2D eigenvalue weighted by Crippen LogP contribution is 2.45. The summed E-state index contributed by atoms with van der Waals surface area (Å²) in [7, 11) is 6.25. The van der Waals surface area contributed by atoms with Gasteiger partial charge < -0.3 is 9.64 Å². The first-order chi connectivity index (χ1) is 8.72. The lowest BCUT2D eigenvalue weighted by atomic mass is 9.70. The first-order valence-corrected chi connectivity index (χ1v) is 7.07. The molecule has 18 heavy (non-hydrogen) atoms. The smallest absolute Gasteiger partial charge is 0.122 e. The Labute approximate surface area is 110 Å². The Balaban J connectivity index is 2.11. The van der Waals surface area contributed by atoms with Gasteiger partial charge in [-0.05, 0) is 69.0 Å². The molecule has 1 aromatic rings. The molecule has 2 aliphatic rings. The van der Waals surface area contributed by atoms with Gasteiger partial charge in [0, 0.05) is 12.0 Å². The summed E-state index contributed by atoms with van der Waals surface area (Å²) in [5, 5.41) is 0. The van der Waals surface area contributed by atoms with Crippen LogP contribution in [0, 0.1) is 0 Å². The second-order valence-electron chi connectivity index (χ2n) is 5.89. The molecule has 0 saturated carbocycles. The first-order valence-electron chi connectivity index (χ1n) is 7.07. The Morgan fingerprint density at radius 1 is 1.17 bits per heavy atom. The number of benzene rings is 1. The van der Waals surface area contributed by atoms with Crippen LogP contribution in [0.5, 0.6) is 5.75 Å².